The van der Waals surface area contributed by atoms with Gasteiger partial charge in [0.15, 0.2) is 0 Å². The molecule has 1 heterocycles. The summed E-state index contributed by atoms with van der Waals surface area (Å²) >= 11 is 0. The Hall–Kier alpha value is -1.35. The Bertz CT molecular complexity index is 471. The lowest BCUT2D eigenvalue weighted by Crippen LogP contribution is -2.41. The fourth-order valence-electron chi connectivity index (χ4n) is 2.26. The molecular weight excluding hydrogens is 294 g/mol. The van der Waals surface area contributed by atoms with Crippen molar-refractivity contribution < 1.29 is 13.2 Å². The van der Waals surface area contributed by atoms with E-state index in [0.29, 0.717) is 13.0 Å². The number of carbonyl (C=O) groups excluding carboxylic acids is 1. The summed E-state index contributed by atoms with van der Waals surface area (Å²) in [4.78, 5) is 18.2. The van der Waals surface area contributed by atoms with E-state index in [4.69, 9.17) is 11.5 Å². The third-order valence-corrected chi connectivity index (χ3v) is 3.80. The average molecular weight is 319 g/mol. The van der Waals surface area contributed by atoms with Crippen LogP contribution < -0.4 is 16.2 Å². The van der Waals surface area contributed by atoms with E-state index in [1.807, 2.05) is 0 Å². The van der Waals surface area contributed by atoms with Crippen LogP contribution in [0.3, 0.4) is 0 Å². The highest BCUT2D eigenvalue weighted by Gasteiger charge is 2.26. The topological polar surface area (TPSA) is 131 Å². The van der Waals surface area contributed by atoms with E-state index in [0.717, 1.165) is 45.0 Å². The molecule has 0 bridgehead atoms. The molecule has 1 aliphatic heterocycles. The summed E-state index contributed by atoms with van der Waals surface area (Å²) in [7, 11) is -3.49. The quantitative estimate of drug-likeness (QED) is 0.314. The molecule has 21 heavy (non-hydrogen) atoms. The fourth-order valence-corrected chi connectivity index (χ4v) is 2.69. The largest absolute Gasteiger partial charge is 0.369 e. The van der Waals surface area contributed by atoms with Gasteiger partial charge < -0.3 is 16.4 Å². The molecule has 1 aliphatic rings. The molecule has 1 amide bonds. The van der Waals surface area contributed by atoms with Crippen molar-refractivity contribution in [2.24, 2.45) is 16.5 Å². The van der Waals surface area contributed by atoms with E-state index < -0.39 is 16.1 Å². The summed E-state index contributed by atoms with van der Waals surface area (Å²) in [6.07, 6.45) is 5.01. The summed E-state index contributed by atoms with van der Waals surface area (Å²) in [5.74, 6) is -0.342. The standard InChI is InChI=1S/C12H25N5O3S/c1-21(19,20)16-12(14)15-10(6-2-3-7-13)11(18)17-8-4-5-9-17/h10H,2-9,13H2,1H3,(H3,14,15,16)/t10-/m0/s1. The van der Waals surface area contributed by atoms with Gasteiger partial charge in [-0.05, 0) is 38.6 Å². The molecule has 122 valence electrons. The van der Waals surface area contributed by atoms with E-state index >= 15 is 0 Å². The van der Waals surface area contributed by atoms with Crippen molar-refractivity contribution in [2.45, 2.75) is 38.1 Å². The van der Waals surface area contributed by atoms with Crippen LogP contribution in [-0.2, 0) is 14.8 Å². The van der Waals surface area contributed by atoms with Crippen molar-refractivity contribution in [3.63, 3.8) is 0 Å². The monoisotopic (exact) mass is 319 g/mol. The number of hydrogen-bond donors (Lipinski definition) is 3. The number of hydrogen-bond acceptors (Lipinski definition) is 5. The van der Waals surface area contributed by atoms with E-state index in [1.54, 1.807) is 4.90 Å². The van der Waals surface area contributed by atoms with Crippen LogP contribution >= 0.6 is 0 Å². The van der Waals surface area contributed by atoms with Crippen molar-refractivity contribution >= 4 is 21.9 Å². The van der Waals surface area contributed by atoms with Crippen molar-refractivity contribution in [3.8, 4) is 0 Å². The number of rotatable bonds is 7. The summed E-state index contributed by atoms with van der Waals surface area (Å²) < 4.78 is 24.3. The Morgan fingerprint density at radius 1 is 1.33 bits per heavy atom. The number of likely N-dealkylation sites (tertiary alicyclic amines) is 1. The molecule has 5 N–H and O–H groups in total. The Morgan fingerprint density at radius 2 is 1.95 bits per heavy atom. The van der Waals surface area contributed by atoms with Crippen LogP contribution in [0.25, 0.3) is 0 Å². The number of carbonyl (C=O) groups is 1. The van der Waals surface area contributed by atoms with Crippen LogP contribution in [0.15, 0.2) is 4.99 Å². The average Bonchev–Trinajstić information content (AvgIpc) is 2.88. The zero-order valence-electron chi connectivity index (χ0n) is 12.4. The smallest absolute Gasteiger partial charge is 0.247 e. The number of unbranched alkanes of at least 4 members (excludes halogenated alkanes) is 1. The number of amides is 1. The molecule has 0 spiro atoms. The normalized spacial score (nSPS) is 17.8. The lowest BCUT2D eigenvalue weighted by Gasteiger charge is -2.21. The molecule has 9 heteroatoms. The third-order valence-electron chi connectivity index (χ3n) is 3.22. The Balaban J connectivity index is 2.75. The van der Waals surface area contributed by atoms with Crippen LogP contribution in [0.5, 0.6) is 0 Å². The van der Waals surface area contributed by atoms with Gasteiger partial charge in [-0.1, -0.05) is 0 Å². The second-order valence-corrected chi connectivity index (χ2v) is 6.97. The third kappa shape index (κ3) is 6.76. The molecule has 0 aromatic rings. The molecule has 8 nitrogen and oxygen atoms in total. The zero-order valence-corrected chi connectivity index (χ0v) is 13.2. The van der Waals surface area contributed by atoms with Crippen LogP contribution in [0.4, 0.5) is 0 Å². The molecule has 1 atom stereocenters. The maximum absolute atomic E-state index is 12.4. The van der Waals surface area contributed by atoms with Crippen LogP contribution in [0.1, 0.15) is 32.1 Å². The van der Waals surface area contributed by atoms with Gasteiger partial charge in [-0.3, -0.25) is 9.52 Å². The summed E-state index contributed by atoms with van der Waals surface area (Å²) in [5, 5.41) is 0. The first kappa shape index (κ1) is 17.7. The van der Waals surface area contributed by atoms with Crippen LogP contribution in [0, 0.1) is 0 Å². The Labute approximate surface area is 126 Å². The minimum Gasteiger partial charge on any atom is -0.369 e. The predicted octanol–water partition coefficient (Wildman–Crippen LogP) is -1.03. The number of nitrogens with zero attached hydrogens (tertiary/aromatic N) is 2. The van der Waals surface area contributed by atoms with Crippen LogP contribution in [-0.4, -0.2) is 57.1 Å². The van der Waals surface area contributed by atoms with E-state index in [1.165, 1.54) is 0 Å². The van der Waals surface area contributed by atoms with Crippen LogP contribution in [0.2, 0.25) is 0 Å². The van der Waals surface area contributed by atoms with Crippen molar-refractivity contribution in [1.82, 2.24) is 9.62 Å². The molecule has 0 aromatic heterocycles. The second-order valence-electron chi connectivity index (χ2n) is 5.22. The molecule has 0 unspecified atom stereocenters. The van der Waals surface area contributed by atoms with Crippen molar-refractivity contribution in [2.75, 3.05) is 25.9 Å². The van der Waals surface area contributed by atoms with Crippen molar-refractivity contribution in [1.29, 1.82) is 0 Å². The molecule has 0 aliphatic carbocycles. The molecule has 0 saturated carbocycles. The number of aliphatic imine (C=N–C) groups is 1. The number of nitrogens with one attached hydrogen (secondary N) is 1. The predicted molar refractivity (Wildman–Crippen MR) is 82.1 cm³/mol. The molecule has 1 fully saturated rings. The summed E-state index contributed by atoms with van der Waals surface area (Å²) in [6.45, 7) is 1.99. The number of nitrogens with two attached hydrogens (primary N) is 2. The number of guanidine groups is 1. The fraction of sp³-hybridized carbons (Fsp3) is 0.833. The number of sulfonamides is 1. The summed E-state index contributed by atoms with van der Waals surface area (Å²) in [5.41, 5.74) is 11.0. The minimum atomic E-state index is -3.49. The molecule has 1 saturated heterocycles. The van der Waals surface area contributed by atoms with Gasteiger partial charge in [-0.25, -0.2) is 13.4 Å². The van der Waals surface area contributed by atoms with E-state index in [-0.39, 0.29) is 11.9 Å². The van der Waals surface area contributed by atoms with Gasteiger partial charge in [0, 0.05) is 13.1 Å². The SMILES string of the molecule is CS(=O)(=O)NC(N)=N[C@@H](CCCCN)C(=O)N1CCCC1. The highest BCUT2D eigenvalue weighted by molar-refractivity contribution is 7.89. The van der Waals surface area contributed by atoms with Crippen molar-refractivity contribution in [3.05, 3.63) is 0 Å². The first-order valence-electron chi connectivity index (χ1n) is 7.13. The molecule has 0 aromatic carbocycles. The van der Waals surface area contributed by atoms with Gasteiger partial charge in [0.1, 0.15) is 6.04 Å². The molecular formula is C12H25N5O3S. The lowest BCUT2D eigenvalue weighted by molar-refractivity contribution is -0.131. The van der Waals surface area contributed by atoms with Gasteiger partial charge in [0.2, 0.25) is 21.9 Å². The highest BCUT2D eigenvalue weighted by Crippen LogP contribution is 2.14. The van der Waals surface area contributed by atoms with Gasteiger partial charge in [-0.15, -0.1) is 0 Å². The maximum atomic E-state index is 12.4. The van der Waals surface area contributed by atoms with Gasteiger partial charge in [-0.2, -0.15) is 0 Å². The first-order valence-corrected chi connectivity index (χ1v) is 9.02. The van der Waals surface area contributed by atoms with Gasteiger partial charge in [0.05, 0.1) is 6.26 Å². The maximum Gasteiger partial charge on any atom is 0.247 e. The Morgan fingerprint density at radius 3 is 2.48 bits per heavy atom. The van der Waals surface area contributed by atoms with Gasteiger partial charge >= 0.3 is 0 Å². The zero-order chi connectivity index (χ0) is 15.9. The molecule has 0 radical (unpaired) electrons. The molecule has 1 rings (SSSR count). The summed E-state index contributed by atoms with van der Waals surface area (Å²) in [6, 6.07) is -0.649. The second kappa shape index (κ2) is 8.18. The van der Waals surface area contributed by atoms with E-state index in [2.05, 4.69) is 9.71 Å². The minimum absolute atomic E-state index is 0.0947. The lowest BCUT2D eigenvalue weighted by atomic mass is 10.1. The Kier molecular flexibility index (Phi) is 6.90. The van der Waals surface area contributed by atoms with Gasteiger partial charge in [0.25, 0.3) is 0 Å². The highest BCUT2D eigenvalue weighted by atomic mass is 32.2. The van der Waals surface area contributed by atoms with E-state index in [9.17, 15) is 13.2 Å². The first-order chi connectivity index (χ1) is 9.83.